The molecule has 3 aromatic rings. The van der Waals surface area contributed by atoms with Gasteiger partial charge < -0.3 is 5.32 Å². The van der Waals surface area contributed by atoms with Crippen LogP contribution in [-0.2, 0) is 13.2 Å². The van der Waals surface area contributed by atoms with Crippen molar-refractivity contribution in [1.82, 2.24) is 14.8 Å². The Hall–Kier alpha value is -2.09. The van der Waals surface area contributed by atoms with Crippen LogP contribution in [0.2, 0.25) is 0 Å². The van der Waals surface area contributed by atoms with Crippen LogP contribution in [0.25, 0.3) is 10.2 Å². The number of rotatable bonds is 2. The van der Waals surface area contributed by atoms with Crippen LogP contribution in [0.5, 0.6) is 0 Å². The number of nitrogens with one attached hydrogen (secondary N) is 1. The average Bonchev–Trinajstić information content (AvgIpc) is 2.93. The summed E-state index contributed by atoms with van der Waals surface area (Å²) >= 11 is 1.28. The third-order valence-corrected chi connectivity index (χ3v) is 3.62. The number of nitrogens with zero attached hydrogens (tertiary/aromatic N) is 3. The van der Waals surface area contributed by atoms with E-state index >= 15 is 0 Å². The smallest absolute Gasteiger partial charge is 0.315 e. The van der Waals surface area contributed by atoms with Crippen LogP contribution < -0.4 is 5.32 Å². The molecule has 20 heavy (non-hydrogen) atoms. The zero-order chi connectivity index (χ0) is 14.3. The molecule has 0 aliphatic carbocycles. The first-order chi connectivity index (χ1) is 9.41. The van der Waals surface area contributed by atoms with E-state index in [1.807, 2.05) is 0 Å². The molecular formula is C12H9F3N4S. The van der Waals surface area contributed by atoms with Gasteiger partial charge >= 0.3 is 6.18 Å². The Morgan fingerprint density at radius 1 is 1.25 bits per heavy atom. The van der Waals surface area contributed by atoms with Crippen molar-refractivity contribution in [3.05, 3.63) is 36.0 Å². The van der Waals surface area contributed by atoms with Gasteiger partial charge in [-0.15, -0.1) is 0 Å². The molecule has 1 N–H and O–H groups in total. The van der Waals surface area contributed by atoms with E-state index in [2.05, 4.69) is 15.4 Å². The van der Waals surface area contributed by atoms with Gasteiger partial charge in [-0.3, -0.25) is 4.68 Å². The molecule has 0 bridgehead atoms. The maximum absolute atomic E-state index is 12.6. The third kappa shape index (κ3) is 2.46. The summed E-state index contributed by atoms with van der Waals surface area (Å²) in [5.41, 5.74) is -0.372. The van der Waals surface area contributed by atoms with Crippen molar-refractivity contribution in [3.63, 3.8) is 0 Å². The Morgan fingerprint density at radius 3 is 2.70 bits per heavy atom. The van der Waals surface area contributed by atoms with Gasteiger partial charge in [-0.25, -0.2) is 4.98 Å². The lowest BCUT2D eigenvalue weighted by atomic mass is 10.2. The molecule has 0 radical (unpaired) electrons. The van der Waals surface area contributed by atoms with Crippen molar-refractivity contribution in [1.29, 1.82) is 0 Å². The second-order valence-electron chi connectivity index (χ2n) is 4.20. The fourth-order valence-corrected chi connectivity index (χ4v) is 2.60. The highest BCUT2D eigenvalue weighted by Crippen LogP contribution is 2.34. The number of thiazole rings is 1. The maximum Gasteiger partial charge on any atom is 0.416 e. The Balaban J connectivity index is 1.94. The van der Waals surface area contributed by atoms with Gasteiger partial charge in [0, 0.05) is 19.3 Å². The summed E-state index contributed by atoms with van der Waals surface area (Å²) in [6.07, 6.45) is -2.59. The lowest BCUT2D eigenvalue weighted by Crippen LogP contribution is -2.03. The Bertz CT molecular complexity index is 759. The van der Waals surface area contributed by atoms with Crippen LogP contribution in [0.1, 0.15) is 5.56 Å². The summed E-state index contributed by atoms with van der Waals surface area (Å²) < 4.78 is 40.2. The monoisotopic (exact) mass is 298 g/mol. The Labute approximate surface area is 115 Å². The number of halogens is 3. The minimum absolute atomic E-state index is 0.322. The van der Waals surface area contributed by atoms with Gasteiger partial charge in [-0.1, -0.05) is 11.3 Å². The molecule has 0 saturated carbocycles. The topological polar surface area (TPSA) is 42.7 Å². The number of aryl methyl sites for hydroxylation is 1. The zero-order valence-electron chi connectivity index (χ0n) is 10.3. The Kier molecular flexibility index (Phi) is 2.89. The number of anilines is 2. The number of benzene rings is 1. The van der Waals surface area contributed by atoms with Crippen LogP contribution >= 0.6 is 11.3 Å². The van der Waals surface area contributed by atoms with E-state index in [-0.39, 0.29) is 0 Å². The van der Waals surface area contributed by atoms with E-state index in [4.69, 9.17) is 0 Å². The van der Waals surface area contributed by atoms with Crippen LogP contribution in [0, 0.1) is 0 Å². The first-order valence-electron chi connectivity index (χ1n) is 5.66. The fourth-order valence-electron chi connectivity index (χ4n) is 1.75. The third-order valence-electron chi connectivity index (χ3n) is 2.66. The second kappa shape index (κ2) is 4.48. The summed E-state index contributed by atoms with van der Waals surface area (Å²) in [6, 6.07) is 5.30. The van der Waals surface area contributed by atoms with Crippen LogP contribution in [-0.4, -0.2) is 14.8 Å². The highest BCUT2D eigenvalue weighted by molar-refractivity contribution is 7.22. The normalized spacial score (nSPS) is 12.0. The van der Waals surface area contributed by atoms with Gasteiger partial charge in [-0.2, -0.15) is 18.3 Å². The standard InChI is InChI=1S/C12H9F3N4S/c1-19-5-4-10(18-19)17-11-16-8-6-7(12(13,14)15)2-3-9(8)20-11/h2-6H,1H3,(H,16,17,18). The molecular weight excluding hydrogens is 289 g/mol. The van der Waals surface area contributed by atoms with Crippen molar-refractivity contribution in [3.8, 4) is 0 Å². The van der Waals surface area contributed by atoms with Crippen LogP contribution in [0.3, 0.4) is 0 Å². The molecule has 0 aliphatic rings. The van der Waals surface area contributed by atoms with Gasteiger partial charge in [0.1, 0.15) is 0 Å². The first-order valence-corrected chi connectivity index (χ1v) is 6.48. The van der Waals surface area contributed by atoms with Gasteiger partial charge in [0.15, 0.2) is 10.9 Å². The molecule has 0 atom stereocenters. The summed E-state index contributed by atoms with van der Waals surface area (Å²) in [6.45, 7) is 0. The largest absolute Gasteiger partial charge is 0.416 e. The molecule has 0 aliphatic heterocycles. The average molecular weight is 298 g/mol. The predicted octanol–water partition coefficient (Wildman–Crippen LogP) is 3.79. The summed E-state index contributed by atoms with van der Waals surface area (Å²) in [4.78, 5) is 4.15. The lowest BCUT2D eigenvalue weighted by Gasteiger charge is -2.04. The molecule has 2 aromatic heterocycles. The predicted molar refractivity (Wildman–Crippen MR) is 71.1 cm³/mol. The highest BCUT2D eigenvalue weighted by atomic mass is 32.1. The molecule has 0 amide bonds. The van der Waals surface area contributed by atoms with Crippen molar-refractivity contribution >= 4 is 32.5 Å². The first kappa shape index (κ1) is 12.9. The van der Waals surface area contributed by atoms with Crippen molar-refractivity contribution in [2.45, 2.75) is 6.18 Å². The summed E-state index contributed by atoms with van der Waals surface area (Å²) in [5, 5.41) is 7.60. The quantitative estimate of drug-likeness (QED) is 0.782. The SMILES string of the molecule is Cn1ccc(Nc2nc3cc(C(F)(F)F)ccc3s2)n1. The molecule has 3 rings (SSSR count). The summed E-state index contributed by atoms with van der Waals surface area (Å²) in [7, 11) is 1.78. The van der Waals surface area contributed by atoms with Gasteiger partial charge in [0.05, 0.1) is 15.8 Å². The molecule has 0 saturated heterocycles. The van der Waals surface area contributed by atoms with Gasteiger partial charge in [0.2, 0.25) is 0 Å². The number of alkyl halides is 3. The molecule has 0 spiro atoms. The molecule has 0 fully saturated rings. The van der Waals surface area contributed by atoms with Crippen molar-refractivity contribution in [2.75, 3.05) is 5.32 Å². The molecule has 2 heterocycles. The van der Waals surface area contributed by atoms with Crippen molar-refractivity contribution < 1.29 is 13.2 Å². The van der Waals surface area contributed by atoms with E-state index in [1.165, 1.54) is 17.4 Å². The lowest BCUT2D eigenvalue weighted by molar-refractivity contribution is -0.137. The van der Waals surface area contributed by atoms with Gasteiger partial charge in [-0.05, 0) is 18.2 Å². The highest BCUT2D eigenvalue weighted by Gasteiger charge is 2.30. The van der Waals surface area contributed by atoms with E-state index in [0.717, 1.165) is 12.1 Å². The van der Waals surface area contributed by atoms with E-state index in [9.17, 15) is 13.2 Å². The van der Waals surface area contributed by atoms with Crippen LogP contribution in [0.4, 0.5) is 24.1 Å². The molecule has 104 valence electrons. The maximum atomic E-state index is 12.6. The molecule has 1 aromatic carbocycles. The fraction of sp³-hybridized carbons (Fsp3) is 0.167. The van der Waals surface area contributed by atoms with Crippen molar-refractivity contribution in [2.24, 2.45) is 7.05 Å². The second-order valence-corrected chi connectivity index (χ2v) is 5.23. The summed E-state index contributed by atoms with van der Waals surface area (Å²) in [5.74, 6) is 0.600. The number of hydrogen-bond donors (Lipinski definition) is 1. The van der Waals surface area contributed by atoms with E-state index in [1.54, 1.807) is 24.0 Å². The molecule has 0 unspecified atom stereocenters. The molecule has 4 nitrogen and oxygen atoms in total. The number of aromatic nitrogens is 3. The van der Waals surface area contributed by atoms with E-state index < -0.39 is 11.7 Å². The minimum atomic E-state index is -4.35. The molecule has 8 heteroatoms. The number of fused-ring (bicyclic) bond motifs is 1. The minimum Gasteiger partial charge on any atom is -0.315 e. The van der Waals surface area contributed by atoms with E-state index in [0.29, 0.717) is 21.2 Å². The Morgan fingerprint density at radius 2 is 2.05 bits per heavy atom. The van der Waals surface area contributed by atoms with Gasteiger partial charge in [0.25, 0.3) is 0 Å². The zero-order valence-corrected chi connectivity index (χ0v) is 11.1. The number of hydrogen-bond acceptors (Lipinski definition) is 4. The van der Waals surface area contributed by atoms with Crippen LogP contribution in [0.15, 0.2) is 30.5 Å².